The van der Waals surface area contributed by atoms with E-state index in [1.165, 1.54) is 6.42 Å². The van der Waals surface area contributed by atoms with Gasteiger partial charge in [0.1, 0.15) is 5.82 Å². The lowest BCUT2D eigenvalue weighted by Gasteiger charge is -2.19. The van der Waals surface area contributed by atoms with Crippen molar-refractivity contribution in [3.05, 3.63) is 34.6 Å². The summed E-state index contributed by atoms with van der Waals surface area (Å²) in [7, 11) is 0. The van der Waals surface area contributed by atoms with E-state index in [-0.39, 0.29) is 10.8 Å². The summed E-state index contributed by atoms with van der Waals surface area (Å²) in [4.78, 5) is 0. The van der Waals surface area contributed by atoms with Gasteiger partial charge < -0.3 is 5.32 Å². The smallest absolute Gasteiger partial charge is 0.142 e. The zero-order valence-corrected chi connectivity index (χ0v) is 12.2. The summed E-state index contributed by atoms with van der Waals surface area (Å²) in [6.45, 7) is 7.50. The van der Waals surface area contributed by atoms with Crippen LogP contribution >= 0.6 is 11.6 Å². The van der Waals surface area contributed by atoms with Crippen LogP contribution in [0.15, 0.2) is 18.2 Å². The van der Waals surface area contributed by atoms with Crippen LogP contribution in [0.1, 0.15) is 39.2 Å². The Morgan fingerprint density at radius 1 is 1.28 bits per heavy atom. The molecule has 3 heteroatoms. The first-order chi connectivity index (χ1) is 8.52. The van der Waals surface area contributed by atoms with Gasteiger partial charge in [-0.2, -0.15) is 0 Å². The molecule has 18 heavy (non-hydrogen) atoms. The Morgan fingerprint density at radius 3 is 2.56 bits per heavy atom. The molecule has 1 nitrogen and oxygen atoms in total. The molecule has 1 unspecified atom stereocenters. The van der Waals surface area contributed by atoms with Crippen molar-refractivity contribution in [1.29, 1.82) is 0 Å². The Hall–Kier alpha value is -0.600. The Labute approximate surface area is 115 Å². The van der Waals surface area contributed by atoms with E-state index >= 15 is 0 Å². The first-order valence-electron chi connectivity index (χ1n) is 6.70. The normalized spacial score (nSPS) is 13.0. The van der Waals surface area contributed by atoms with Gasteiger partial charge in [0.2, 0.25) is 0 Å². The van der Waals surface area contributed by atoms with Crippen LogP contribution in [0, 0.1) is 11.7 Å². The Bertz CT molecular complexity index is 366. The largest absolute Gasteiger partial charge is 0.314 e. The monoisotopic (exact) mass is 271 g/mol. The molecule has 0 saturated carbocycles. The quantitative estimate of drug-likeness (QED) is 0.773. The summed E-state index contributed by atoms with van der Waals surface area (Å²) in [6.07, 6.45) is 3.16. The van der Waals surface area contributed by atoms with E-state index in [1.54, 1.807) is 12.1 Å². The standard InChI is InChI=1S/C15H23ClFN/c1-4-18-13(7-5-11(2)3)9-12-6-8-14(16)15(17)10-12/h6,8,10-11,13,18H,4-5,7,9H2,1-3H3. The molecule has 1 aromatic carbocycles. The highest BCUT2D eigenvalue weighted by atomic mass is 35.5. The maximum atomic E-state index is 13.4. The van der Waals surface area contributed by atoms with E-state index in [0.717, 1.165) is 24.9 Å². The summed E-state index contributed by atoms with van der Waals surface area (Å²) in [5.74, 6) is 0.376. The van der Waals surface area contributed by atoms with Crippen molar-refractivity contribution in [3.8, 4) is 0 Å². The third-order valence-corrected chi connectivity index (χ3v) is 3.36. The van der Waals surface area contributed by atoms with Crippen LogP contribution in [0.25, 0.3) is 0 Å². The summed E-state index contributed by atoms with van der Waals surface area (Å²) < 4.78 is 13.4. The van der Waals surface area contributed by atoms with E-state index in [9.17, 15) is 4.39 Å². The lowest BCUT2D eigenvalue weighted by atomic mass is 9.98. The molecule has 0 bridgehead atoms. The van der Waals surface area contributed by atoms with Crippen molar-refractivity contribution >= 4 is 11.6 Å². The second-order valence-electron chi connectivity index (χ2n) is 5.18. The average molecular weight is 272 g/mol. The third kappa shape index (κ3) is 5.36. The maximum Gasteiger partial charge on any atom is 0.142 e. The molecule has 1 atom stereocenters. The van der Waals surface area contributed by atoms with Crippen molar-refractivity contribution in [1.82, 2.24) is 5.32 Å². The second kappa shape index (κ2) is 7.75. The Balaban J connectivity index is 2.61. The molecular formula is C15H23ClFN. The molecule has 0 heterocycles. The van der Waals surface area contributed by atoms with Crippen LogP contribution in [0.2, 0.25) is 5.02 Å². The molecule has 0 aliphatic carbocycles. The highest BCUT2D eigenvalue weighted by molar-refractivity contribution is 6.30. The predicted octanol–water partition coefficient (Wildman–Crippen LogP) is 4.44. The SMILES string of the molecule is CCNC(CCC(C)C)Cc1ccc(Cl)c(F)c1. The van der Waals surface area contributed by atoms with E-state index in [4.69, 9.17) is 11.6 Å². The number of rotatable bonds is 7. The summed E-state index contributed by atoms with van der Waals surface area (Å²) in [5.41, 5.74) is 1.01. The van der Waals surface area contributed by atoms with Crippen molar-refractivity contribution in [2.24, 2.45) is 5.92 Å². The van der Waals surface area contributed by atoms with Gasteiger partial charge in [0.15, 0.2) is 0 Å². The van der Waals surface area contributed by atoms with Crippen molar-refractivity contribution < 1.29 is 4.39 Å². The fourth-order valence-electron chi connectivity index (χ4n) is 2.05. The lowest BCUT2D eigenvalue weighted by Crippen LogP contribution is -2.31. The molecule has 0 amide bonds. The first-order valence-corrected chi connectivity index (χ1v) is 7.08. The van der Waals surface area contributed by atoms with Crippen LogP contribution < -0.4 is 5.32 Å². The van der Waals surface area contributed by atoms with Gasteiger partial charge in [-0.05, 0) is 49.4 Å². The maximum absolute atomic E-state index is 13.4. The van der Waals surface area contributed by atoms with Crippen LogP contribution in [0.4, 0.5) is 4.39 Å². The highest BCUT2D eigenvalue weighted by Crippen LogP contribution is 2.18. The molecule has 0 radical (unpaired) electrons. The molecule has 0 spiro atoms. The lowest BCUT2D eigenvalue weighted by molar-refractivity contribution is 0.434. The number of nitrogens with one attached hydrogen (secondary N) is 1. The van der Waals surface area contributed by atoms with Crippen LogP contribution in [-0.2, 0) is 6.42 Å². The summed E-state index contributed by atoms with van der Waals surface area (Å²) >= 11 is 5.69. The Morgan fingerprint density at radius 2 is 2.00 bits per heavy atom. The van der Waals surface area contributed by atoms with Crippen LogP contribution in [0.3, 0.4) is 0 Å². The van der Waals surface area contributed by atoms with E-state index < -0.39 is 0 Å². The van der Waals surface area contributed by atoms with Gasteiger partial charge in [0.05, 0.1) is 5.02 Å². The van der Waals surface area contributed by atoms with Crippen molar-refractivity contribution in [3.63, 3.8) is 0 Å². The number of hydrogen-bond acceptors (Lipinski definition) is 1. The van der Waals surface area contributed by atoms with Crippen molar-refractivity contribution in [2.45, 2.75) is 46.1 Å². The Kier molecular flexibility index (Phi) is 6.66. The predicted molar refractivity (Wildman–Crippen MR) is 76.7 cm³/mol. The van der Waals surface area contributed by atoms with Crippen LogP contribution in [0.5, 0.6) is 0 Å². The first kappa shape index (κ1) is 15.5. The number of benzene rings is 1. The molecule has 1 N–H and O–H groups in total. The molecule has 0 aromatic heterocycles. The molecule has 1 aromatic rings. The second-order valence-corrected chi connectivity index (χ2v) is 5.59. The minimum absolute atomic E-state index is 0.195. The van der Waals surface area contributed by atoms with Gasteiger partial charge >= 0.3 is 0 Å². The fourth-order valence-corrected chi connectivity index (χ4v) is 2.17. The molecule has 0 aliphatic rings. The van der Waals surface area contributed by atoms with E-state index in [2.05, 4.69) is 26.1 Å². The molecular weight excluding hydrogens is 249 g/mol. The minimum Gasteiger partial charge on any atom is -0.314 e. The van der Waals surface area contributed by atoms with Crippen LogP contribution in [-0.4, -0.2) is 12.6 Å². The van der Waals surface area contributed by atoms with E-state index in [0.29, 0.717) is 12.0 Å². The molecule has 0 fully saturated rings. The molecule has 102 valence electrons. The van der Waals surface area contributed by atoms with E-state index in [1.807, 2.05) is 6.07 Å². The number of hydrogen-bond donors (Lipinski definition) is 1. The number of halogens is 2. The van der Waals surface area contributed by atoms with Gasteiger partial charge in [-0.1, -0.05) is 38.4 Å². The van der Waals surface area contributed by atoms with Gasteiger partial charge in [-0.3, -0.25) is 0 Å². The fraction of sp³-hybridized carbons (Fsp3) is 0.600. The average Bonchev–Trinajstić information content (AvgIpc) is 2.31. The third-order valence-electron chi connectivity index (χ3n) is 3.05. The summed E-state index contributed by atoms with van der Waals surface area (Å²) in [6, 6.07) is 5.50. The van der Waals surface area contributed by atoms with Gasteiger partial charge in [0.25, 0.3) is 0 Å². The zero-order chi connectivity index (χ0) is 13.5. The highest BCUT2D eigenvalue weighted by Gasteiger charge is 2.10. The summed E-state index contributed by atoms with van der Waals surface area (Å²) in [5, 5.41) is 3.66. The van der Waals surface area contributed by atoms with Crippen molar-refractivity contribution in [2.75, 3.05) is 6.54 Å². The molecule has 1 rings (SSSR count). The molecule has 0 saturated heterocycles. The minimum atomic E-state index is -0.326. The van der Waals surface area contributed by atoms with Gasteiger partial charge in [-0.15, -0.1) is 0 Å². The van der Waals surface area contributed by atoms with Gasteiger partial charge in [-0.25, -0.2) is 4.39 Å². The topological polar surface area (TPSA) is 12.0 Å². The zero-order valence-electron chi connectivity index (χ0n) is 11.5. The molecule has 0 aliphatic heterocycles. The van der Waals surface area contributed by atoms with Gasteiger partial charge in [0, 0.05) is 6.04 Å². The number of likely N-dealkylation sites (N-methyl/N-ethyl adjacent to an activating group) is 1.